The van der Waals surface area contributed by atoms with E-state index >= 15 is 0 Å². The number of hydrogen-bond donors (Lipinski definition) is 0. The molecular weight excluding hydrogens is 192 g/mol. The first-order valence-electron chi connectivity index (χ1n) is 4.57. The Balaban J connectivity index is 1.99. The van der Waals surface area contributed by atoms with Gasteiger partial charge in [0.25, 0.3) is 0 Å². The number of thiophene rings is 1. The maximum atomic E-state index is 5.68. The number of ether oxygens (including phenoxy) is 1. The Morgan fingerprint density at radius 3 is 2.57 bits per heavy atom. The lowest BCUT2D eigenvalue weighted by Gasteiger charge is -2.04. The molecule has 0 bridgehead atoms. The molecule has 1 aromatic carbocycles. The van der Waals surface area contributed by atoms with Gasteiger partial charge in [-0.25, -0.2) is 0 Å². The van der Waals surface area contributed by atoms with E-state index in [1.54, 1.807) is 11.3 Å². The Hall–Kier alpha value is -1.28. The molecule has 2 aromatic rings. The molecule has 0 atom stereocenters. The summed E-state index contributed by atoms with van der Waals surface area (Å²) in [4.78, 5) is 0. The zero-order valence-corrected chi connectivity index (χ0v) is 8.88. The van der Waals surface area contributed by atoms with E-state index in [1.807, 2.05) is 18.2 Å². The van der Waals surface area contributed by atoms with Crippen molar-refractivity contribution in [2.75, 3.05) is 0 Å². The van der Waals surface area contributed by atoms with E-state index in [4.69, 9.17) is 4.74 Å². The topological polar surface area (TPSA) is 9.23 Å². The van der Waals surface area contributed by atoms with Crippen LogP contribution in [0.2, 0.25) is 0 Å². The molecule has 0 aliphatic heterocycles. The van der Waals surface area contributed by atoms with Crippen LogP contribution in [-0.4, -0.2) is 0 Å². The van der Waals surface area contributed by atoms with Crippen LogP contribution < -0.4 is 4.74 Å². The third kappa shape index (κ3) is 2.15. The fourth-order valence-electron chi connectivity index (χ4n) is 1.23. The second-order valence-corrected chi connectivity index (χ2v) is 4.04. The van der Waals surface area contributed by atoms with E-state index in [1.165, 1.54) is 11.1 Å². The first-order chi connectivity index (χ1) is 6.86. The molecule has 0 radical (unpaired) electrons. The molecule has 0 fully saturated rings. The van der Waals surface area contributed by atoms with Crippen molar-refractivity contribution in [3.05, 3.63) is 52.9 Å². The number of hydrogen-bond acceptors (Lipinski definition) is 2. The van der Waals surface area contributed by atoms with E-state index in [0.717, 1.165) is 5.06 Å². The number of aryl methyl sites for hydroxylation is 1. The van der Waals surface area contributed by atoms with Crippen LogP contribution in [0.25, 0.3) is 0 Å². The molecule has 2 heteroatoms. The average molecular weight is 204 g/mol. The van der Waals surface area contributed by atoms with Crippen molar-refractivity contribution in [2.24, 2.45) is 0 Å². The third-order valence-electron chi connectivity index (χ3n) is 2.03. The predicted molar refractivity (Wildman–Crippen MR) is 59.8 cm³/mol. The fraction of sp³-hybridized carbons (Fsp3) is 0.167. The van der Waals surface area contributed by atoms with Crippen molar-refractivity contribution in [3.63, 3.8) is 0 Å². The van der Waals surface area contributed by atoms with Crippen LogP contribution >= 0.6 is 11.3 Å². The zero-order chi connectivity index (χ0) is 9.80. The van der Waals surface area contributed by atoms with Gasteiger partial charge in [-0.1, -0.05) is 30.3 Å². The van der Waals surface area contributed by atoms with Crippen molar-refractivity contribution >= 4 is 11.3 Å². The van der Waals surface area contributed by atoms with Gasteiger partial charge in [-0.15, -0.1) is 11.3 Å². The van der Waals surface area contributed by atoms with Crippen LogP contribution in [0.4, 0.5) is 0 Å². The second-order valence-electron chi connectivity index (χ2n) is 3.17. The lowest BCUT2D eigenvalue weighted by Crippen LogP contribution is -1.93. The summed E-state index contributed by atoms with van der Waals surface area (Å²) in [7, 11) is 0. The highest BCUT2D eigenvalue weighted by Gasteiger charge is 2.00. The van der Waals surface area contributed by atoms with Gasteiger partial charge in [0.1, 0.15) is 6.61 Å². The van der Waals surface area contributed by atoms with Crippen molar-refractivity contribution < 1.29 is 4.74 Å². The molecule has 0 saturated heterocycles. The molecule has 0 N–H and O–H groups in total. The first-order valence-corrected chi connectivity index (χ1v) is 5.45. The summed E-state index contributed by atoms with van der Waals surface area (Å²) in [6.45, 7) is 2.72. The summed E-state index contributed by atoms with van der Waals surface area (Å²) in [5.74, 6) is 0. The molecule has 2 rings (SSSR count). The number of benzene rings is 1. The van der Waals surface area contributed by atoms with Crippen molar-refractivity contribution in [1.82, 2.24) is 0 Å². The van der Waals surface area contributed by atoms with E-state index in [-0.39, 0.29) is 0 Å². The van der Waals surface area contributed by atoms with E-state index in [0.29, 0.717) is 6.61 Å². The molecule has 0 saturated carbocycles. The summed E-state index contributed by atoms with van der Waals surface area (Å²) in [5.41, 5.74) is 2.42. The van der Waals surface area contributed by atoms with Gasteiger partial charge in [-0.3, -0.25) is 0 Å². The maximum Gasteiger partial charge on any atom is 0.177 e. The molecule has 14 heavy (non-hydrogen) atoms. The molecule has 0 unspecified atom stereocenters. The minimum absolute atomic E-state index is 0.655. The van der Waals surface area contributed by atoms with Crippen LogP contribution in [-0.2, 0) is 6.61 Å². The summed E-state index contributed by atoms with van der Waals surface area (Å²) in [6.07, 6.45) is 0. The van der Waals surface area contributed by atoms with Crippen LogP contribution in [0.5, 0.6) is 5.06 Å². The van der Waals surface area contributed by atoms with Gasteiger partial charge in [0.15, 0.2) is 5.06 Å². The van der Waals surface area contributed by atoms with Gasteiger partial charge in [0.05, 0.1) is 0 Å². The highest BCUT2D eigenvalue weighted by atomic mass is 32.1. The average Bonchev–Trinajstić information content (AvgIpc) is 2.63. The minimum atomic E-state index is 0.655. The molecule has 0 spiro atoms. The zero-order valence-electron chi connectivity index (χ0n) is 8.07. The van der Waals surface area contributed by atoms with E-state index < -0.39 is 0 Å². The second kappa shape index (κ2) is 4.29. The monoisotopic (exact) mass is 204 g/mol. The molecule has 1 heterocycles. The van der Waals surface area contributed by atoms with Gasteiger partial charge in [-0.05, 0) is 23.9 Å². The van der Waals surface area contributed by atoms with Gasteiger partial charge in [0.2, 0.25) is 0 Å². The van der Waals surface area contributed by atoms with Gasteiger partial charge < -0.3 is 4.74 Å². The molecule has 0 aliphatic rings. The van der Waals surface area contributed by atoms with Crippen LogP contribution in [0.1, 0.15) is 11.1 Å². The Labute approximate surface area is 88.0 Å². The maximum absolute atomic E-state index is 5.68. The SMILES string of the molecule is Cc1ccsc1OCc1ccccc1. The highest BCUT2D eigenvalue weighted by Crippen LogP contribution is 2.25. The largest absolute Gasteiger partial charge is 0.479 e. The van der Waals surface area contributed by atoms with Crippen molar-refractivity contribution in [1.29, 1.82) is 0 Å². The van der Waals surface area contributed by atoms with Gasteiger partial charge in [-0.2, -0.15) is 0 Å². The van der Waals surface area contributed by atoms with Crippen LogP contribution in [0, 0.1) is 6.92 Å². The van der Waals surface area contributed by atoms with Gasteiger partial charge >= 0.3 is 0 Å². The predicted octanol–water partition coefficient (Wildman–Crippen LogP) is 3.64. The van der Waals surface area contributed by atoms with Crippen molar-refractivity contribution in [2.45, 2.75) is 13.5 Å². The Bertz CT molecular complexity index is 392. The van der Waals surface area contributed by atoms with E-state index in [9.17, 15) is 0 Å². The smallest absolute Gasteiger partial charge is 0.177 e. The fourth-order valence-corrected chi connectivity index (χ4v) is 2.01. The summed E-state index contributed by atoms with van der Waals surface area (Å²) < 4.78 is 5.68. The van der Waals surface area contributed by atoms with Crippen LogP contribution in [0.3, 0.4) is 0 Å². The van der Waals surface area contributed by atoms with Crippen molar-refractivity contribution in [3.8, 4) is 5.06 Å². The highest BCUT2D eigenvalue weighted by molar-refractivity contribution is 7.12. The summed E-state index contributed by atoms with van der Waals surface area (Å²) in [5, 5.41) is 3.07. The first kappa shape index (κ1) is 9.28. The van der Waals surface area contributed by atoms with Crippen LogP contribution in [0.15, 0.2) is 41.8 Å². The third-order valence-corrected chi connectivity index (χ3v) is 2.95. The summed E-state index contributed by atoms with van der Waals surface area (Å²) in [6, 6.07) is 12.3. The van der Waals surface area contributed by atoms with E-state index in [2.05, 4.69) is 30.5 Å². The van der Waals surface area contributed by atoms with Gasteiger partial charge in [0, 0.05) is 5.56 Å². The minimum Gasteiger partial charge on any atom is -0.479 e. The molecule has 1 aromatic heterocycles. The normalized spacial score (nSPS) is 10.1. The quantitative estimate of drug-likeness (QED) is 0.741. The Morgan fingerprint density at radius 1 is 1.14 bits per heavy atom. The Morgan fingerprint density at radius 2 is 1.93 bits per heavy atom. The molecule has 0 aliphatic carbocycles. The molecule has 0 amide bonds. The molecular formula is C12H12OS. The summed E-state index contributed by atoms with van der Waals surface area (Å²) >= 11 is 1.65. The Kier molecular flexibility index (Phi) is 2.84. The standard InChI is InChI=1S/C12H12OS/c1-10-7-8-14-12(10)13-9-11-5-3-2-4-6-11/h2-8H,9H2,1H3. The molecule has 72 valence electrons. The lowest BCUT2D eigenvalue weighted by atomic mass is 10.2. The molecule has 1 nitrogen and oxygen atoms in total. The number of rotatable bonds is 3. The lowest BCUT2D eigenvalue weighted by molar-refractivity contribution is 0.314.